The van der Waals surface area contributed by atoms with Crippen molar-refractivity contribution >= 4 is 48.3 Å². The minimum absolute atomic E-state index is 0.170. The third kappa shape index (κ3) is 5.93. The van der Waals surface area contributed by atoms with E-state index in [0.717, 1.165) is 43.4 Å². The number of aryl methyl sites for hydroxylation is 1. The second-order valence-corrected chi connectivity index (χ2v) is 11.7. The first-order valence-electron chi connectivity index (χ1n) is 12.2. The maximum absolute atomic E-state index is 12.7. The van der Waals surface area contributed by atoms with Crippen LogP contribution in [0.2, 0.25) is 0 Å². The molecule has 192 valence electrons. The number of amides is 1. The summed E-state index contributed by atoms with van der Waals surface area (Å²) in [5.41, 5.74) is 3.04. The SMILES string of the molecule is Cc1cccc2sc(N3CCN(CCNC(=O)c4cccc(NS(=O)(=O)c5ccccc5)c4)CC3)nc12. The molecule has 0 atom stereocenters. The highest BCUT2D eigenvalue weighted by molar-refractivity contribution is 7.92. The summed E-state index contributed by atoms with van der Waals surface area (Å²) >= 11 is 1.74. The number of sulfonamides is 1. The molecule has 0 saturated carbocycles. The van der Waals surface area contributed by atoms with Crippen molar-refractivity contribution < 1.29 is 13.2 Å². The molecule has 0 aliphatic carbocycles. The average Bonchev–Trinajstić information content (AvgIpc) is 3.35. The molecule has 1 saturated heterocycles. The van der Waals surface area contributed by atoms with Crippen molar-refractivity contribution in [3.8, 4) is 0 Å². The highest BCUT2D eigenvalue weighted by Crippen LogP contribution is 2.31. The summed E-state index contributed by atoms with van der Waals surface area (Å²) in [6.45, 7) is 6.96. The van der Waals surface area contributed by atoms with Gasteiger partial charge in [-0.3, -0.25) is 14.4 Å². The third-order valence-electron chi connectivity index (χ3n) is 6.40. The van der Waals surface area contributed by atoms with Gasteiger partial charge < -0.3 is 10.2 Å². The van der Waals surface area contributed by atoms with E-state index in [1.165, 1.54) is 22.4 Å². The van der Waals surface area contributed by atoms with E-state index in [2.05, 4.69) is 45.0 Å². The molecule has 37 heavy (non-hydrogen) atoms. The number of hydrogen-bond donors (Lipinski definition) is 2. The molecule has 1 aromatic heterocycles. The van der Waals surface area contributed by atoms with Crippen LogP contribution in [-0.4, -0.2) is 63.5 Å². The highest BCUT2D eigenvalue weighted by atomic mass is 32.2. The average molecular weight is 536 g/mol. The van der Waals surface area contributed by atoms with Crippen LogP contribution in [0.25, 0.3) is 10.2 Å². The van der Waals surface area contributed by atoms with E-state index in [9.17, 15) is 13.2 Å². The Bertz CT molecular complexity index is 1500. The van der Waals surface area contributed by atoms with Gasteiger partial charge >= 0.3 is 0 Å². The van der Waals surface area contributed by atoms with Gasteiger partial charge in [0.1, 0.15) is 0 Å². The molecule has 2 N–H and O–H groups in total. The van der Waals surface area contributed by atoms with Crippen LogP contribution in [0.1, 0.15) is 15.9 Å². The van der Waals surface area contributed by atoms with Gasteiger partial charge in [0.15, 0.2) is 5.13 Å². The van der Waals surface area contributed by atoms with E-state index < -0.39 is 10.0 Å². The Morgan fingerprint density at radius 2 is 1.73 bits per heavy atom. The minimum Gasteiger partial charge on any atom is -0.351 e. The zero-order valence-electron chi connectivity index (χ0n) is 20.6. The molecule has 0 radical (unpaired) electrons. The number of nitrogens with one attached hydrogen (secondary N) is 2. The lowest BCUT2D eigenvalue weighted by Gasteiger charge is -2.34. The van der Waals surface area contributed by atoms with Crippen molar-refractivity contribution in [3.63, 3.8) is 0 Å². The van der Waals surface area contributed by atoms with Crippen molar-refractivity contribution in [1.82, 2.24) is 15.2 Å². The van der Waals surface area contributed by atoms with E-state index >= 15 is 0 Å². The molecule has 0 bridgehead atoms. The lowest BCUT2D eigenvalue weighted by molar-refractivity contribution is 0.0948. The number of nitrogens with zero attached hydrogens (tertiary/aromatic N) is 3. The summed E-state index contributed by atoms with van der Waals surface area (Å²) in [6, 6.07) is 21.0. The Morgan fingerprint density at radius 3 is 2.49 bits per heavy atom. The quantitative estimate of drug-likeness (QED) is 0.355. The number of benzene rings is 3. The number of piperazine rings is 1. The zero-order valence-corrected chi connectivity index (χ0v) is 22.2. The number of aromatic nitrogens is 1. The summed E-state index contributed by atoms with van der Waals surface area (Å²) in [7, 11) is -3.72. The van der Waals surface area contributed by atoms with Gasteiger partial charge in [-0.05, 0) is 48.9 Å². The summed E-state index contributed by atoms with van der Waals surface area (Å²) < 4.78 is 28.9. The fourth-order valence-electron chi connectivity index (χ4n) is 4.34. The molecular weight excluding hydrogens is 506 g/mol. The fourth-order valence-corrected chi connectivity index (χ4v) is 6.51. The first-order valence-corrected chi connectivity index (χ1v) is 14.5. The van der Waals surface area contributed by atoms with Gasteiger partial charge in [-0.1, -0.05) is 47.7 Å². The van der Waals surface area contributed by atoms with E-state index in [4.69, 9.17) is 4.98 Å². The molecule has 1 aliphatic heterocycles. The maximum atomic E-state index is 12.7. The zero-order chi connectivity index (χ0) is 25.8. The van der Waals surface area contributed by atoms with Gasteiger partial charge in [-0.15, -0.1) is 0 Å². The number of thiazole rings is 1. The minimum atomic E-state index is -3.72. The molecule has 5 rings (SSSR count). The van der Waals surface area contributed by atoms with Gasteiger partial charge in [0, 0.05) is 50.5 Å². The predicted octanol–water partition coefficient (Wildman–Crippen LogP) is 3.96. The van der Waals surface area contributed by atoms with Crippen LogP contribution in [-0.2, 0) is 10.0 Å². The summed E-state index contributed by atoms with van der Waals surface area (Å²) in [5, 5.41) is 4.02. The molecule has 4 aromatic rings. The number of para-hydroxylation sites is 1. The molecule has 2 heterocycles. The number of rotatable bonds is 8. The first-order chi connectivity index (χ1) is 17.9. The van der Waals surface area contributed by atoms with Crippen molar-refractivity contribution in [3.05, 3.63) is 83.9 Å². The Kier molecular flexibility index (Phi) is 7.40. The first kappa shape index (κ1) is 25.2. The number of carbonyl (C=O) groups is 1. The Balaban J connectivity index is 1.10. The van der Waals surface area contributed by atoms with Crippen LogP contribution in [0.4, 0.5) is 10.8 Å². The largest absolute Gasteiger partial charge is 0.351 e. The van der Waals surface area contributed by atoms with Crippen LogP contribution >= 0.6 is 11.3 Å². The van der Waals surface area contributed by atoms with Crippen molar-refractivity contribution in [2.45, 2.75) is 11.8 Å². The standard InChI is InChI=1S/C27H29N5O3S2/c1-20-7-5-12-24-25(20)29-27(36-24)32-17-15-31(16-18-32)14-13-28-26(33)21-8-6-9-22(19-21)30-37(34,35)23-10-3-2-4-11-23/h2-12,19,30H,13-18H2,1H3,(H,28,33). The Hall–Kier alpha value is -3.47. The predicted molar refractivity (Wildman–Crippen MR) is 149 cm³/mol. The van der Waals surface area contributed by atoms with Crippen molar-refractivity contribution in [2.75, 3.05) is 48.9 Å². The maximum Gasteiger partial charge on any atom is 0.261 e. The normalized spacial score (nSPS) is 14.6. The molecule has 0 unspecified atom stereocenters. The molecule has 1 amide bonds. The van der Waals surface area contributed by atoms with E-state index in [0.29, 0.717) is 17.8 Å². The van der Waals surface area contributed by atoms with E-state index in [1.54, 1.807) is 53.8 Å². The molecule has 0 spiro atoms. The lowest BCUT2D eigenvalue weighted by Crippen LogP contribution is -2.48. The third-order valence-corrected chi connectivity index (χ3v) is 8.87. The second-order valence-electron chi connectivity index (χ2n) is 9.00. The Morgan fingerprint density at radius 1 is 0.973 bits per heavy atom. The van der Waals surface area contributed by atoms with E-state index in [-0.39, 0.29) is 10.8 Å². The van der Waals surface area contributed by atoms with Crippen molar-refractivity contribution in [1.29, 1.82) is 0 Å². The summed E-state index contributed by atoms with van der Waals surface area (Å²) in [4.78, 5) is 22.4. The monoisotopic (exact) mass is 535 g/mol. The van der Waals surface area contributed by atoms with E-state index in [1.807, 2.05) is 0 Å². The molecule has 1 aliphatic rings. The van der Waals surface area contributed by atoms with Crippen LogP contribution in [0.15, 0.2) is 77.7 Å². The van der Waals surface area contributed by atoms with Gasteiger partial charge in [0.2, 0.25) is 0 Å². The van der Waals surface area contributed by atoms with Crippen LogP contribution < -0.4 is 14.9 Å². The summed E-state index contributed by atoms with van der Waals surface area (Å²) in [5.74, 6) is -0.232. The summed E-state index contributed by atoms with van der Waals surface area (Å²) in [6.07, 6.45) is 0. The molecule has 1 fully saturated rings. The number of hydrogen-bond acceptors (Lipinski definition) is 7. The number of anilines is 2. The lowest BCUT2D eigenvalue weighted by atomic mass is 10.2. The Labute approximate surface area is 221 Å². The van der Waals surface area contributed by atoms with Crippen LogP contribution in [0.3, 0.4) is 0 Å². The van der Waals surface area contributed by atoms with Crippen LogP contribution in [0.5, 0.6) is 0 Å². The molecule has 8 nitrogen and oxygen atoms in total. The van der Waals surface area contributed by atoms with Gasteiger partial charge in [-0.2, -0.15) is 0 Å². The molecule has 10 heteroatoms. The van der Waals surface area contributed by atoms with Crippen molar-refractivity contribution in [2.24, 2.45) is 0 Å². The van der Waals surface area contributed by atoms with Crippen LogP contribution in [0, 0.1) is 6.92 Å². The van der Waals surface area contributed by atoms with Gasteiger partial charge in [-0.25, -0.2) is 13.4 Å². The smallest absolute Gasteiger partial charge is 0.261 e. The molecular formula is C27H29N5O3S2. The topological polar surface area (TPSA) is 94.6 Å². The number of carbonyl (C=O) groups excluding carboxylic acids is 1. The molecule has 3 aromatic carbocycles. The van der Waals surface area contributed by atoms with Gasteiger partial charge in [0.25, 0.3) is 15.9 Å². The second kappa shape index (κ2) is 10.9. The number of fused-ring (bicyclic) bond motifs is 1. The van der Waals surface area contributed by atoms with Gasteiger partial charge in [0.05, 0.1) is 15.1 Å². The fraction of sp³-hybridized carbons (Fsp3) is 0.259. The highest BCUT2D eigenvalue weighted by Gasteiger charge is 2.20.